The maximum Gasteiger partial charge on any atom is 0.336 e. The number of aromatic nitrogens is 3. The van der Waals surface area contributed by atoms with E-state index in [0.29, 0.717) is 24.0 Å². The van der Waals surface area contributed by atoms with Crippen molar-refractivity contribution in [3.05, 3.63) is 84.2 Å². The van der Waals surface area contributed by atoms with Crippen LogP contribution in [0.5, 0.6) is 6.01 Å². The molecular weight excluding hydrogens is 463 g/mol. The summed E-state index contributed by atoms with van der Waals surface area (Å²) in [5, 5.41) is 9.21. The monoisotopic (exact) mass is 483 g/mol. The van der Waals surface area contributed by atoms with Crippen LogP contribution in [0.15, 0.2) is 66.7 Å². The van der Waals surface area contributed by atoms with Gasteiger partial charge in [-0.05, 0) is 42.5 Å². The number of hydrogen-bond acceptors (Lipinski definition) is 5. The van der Waals surface area contributed by atoms with Gasteiger partial charge >= 0.3 is 12.0 Å². The normalized spacial score (nSPS) is 10.7. The molecule has 1 heterocycles. The number of nitrogens with one attached hydrogen (secondary N) is 2. The zero-order valence-corrected chi connectivity index (χ0v) is 18.5. The van der Waals surface area contributed by atoms with Crippen LogP contribution in [0.25, 0.3) is 17.1 Å². The summed E-state index contributed by atoms with van der Waals surface area (Å²) >= 11 is 0. The van der Waals surface area contributed by atoms with Crippen LogP contribution in [0.3, 0.4) is 0 Å². The number of urea groups is 1. The second-order valence-corrected chi connectivity index (χ2v) is 7.20. The molecule has 0 aliphatic rings. The molecule has 0 spiro atoms. The van der Waals surface area contributed by atoms with Gasteiger partial charge in [-0.1, -0.05) is 18.2 Å². The van der Waals surface area contributed by atoms with E-state index in [4.69, 9.17) is 9.47 Å². The van der Waals surface area contributed by atoms with Crippen molar-refractivity contribution < 1.29 is 27.4 Å². The number of hydrogen-bond donors (Lipinski definition) is 2. The van der Waals surface area contributed by atoms with Crippen LogP contribution < -0.4 is 15.4 Å². The fourth-order valence-corrected chi connectivity index (χ4v) is 3.16. The lowest BCUT2D eigenvalue weighted by atomic mass is 10.2. The fraction of sp³-hybridized carbons (Fsp3) is 0.125. The minimum atomic E-state index is -0.910. The fourth-order valence-electron chi connectivity index (χ4n) is 3.16. The standard InChI is InChI=1S/C24H20F3N5O3/c1-34-11-12-35-24-30-22(18-7-2-3-8-19(18)26)32(31-24)17-6-4-5-16(14-17)28-23(33)29-21-10-9-15(25)13-20(21)27/h2-10,13-14H,11-12H2,1H3,(H2,28,29,33). The van der Waals surface area contributed by atoms with Gasteiger partial charge in [0.25, 0.3) is 0 Å². The van der Waals surface area contributed by atoms with E-state index in [0.717, 1.165) is 12.1 Å². The topological polar surface area (TPSA) is 90.3 Å². The second-order valence-electron chi connectivity index (χ2n) is 7.20. The summed E-state index contributed by atoms with van der Waals surface area (Å²) in [6.45, 7) is 0.506. The third-order valence-electron chi connectivity index (χ3n) is 4.75. The first-order valence-electron chi connectivity index (χ1n) is 10.4. The Morgan fingerprint density at radius 1 is 0.943 bits per heavy atom. The van der Waals surface area contributed by atoms with E-state index in [2.05, 4.69) is 20.7 Å². The van der Waals surface area contributed by atoms with Gasteiger partial charge < -0.3 is 20.1 Å². The van der Waals surface area contributed by atoms with Gasteiger partial charge in [0.15, 0.2) is 5.82 Å². The molecule has 1 aromatic heterocycles. The number of carbonyl (C=O) groups is 1. The Balaban J connectivity index is 1.61. The van der Waals surface area contributed by atoms with Crippen LogP contribution in [0, 0.1) is 17.5 Å². The number of carbonyl (C=O) groups excluding carboxylic acids is 1. The summed E-state index contributed by atoms with van der Waals surface area (Å²) in [6.07, 6.45) is 0. The smallest absolute Gasteiger partial charge is 0.336 e. The van der Waals surface area contributed by atoms with Crippen molar-refractivity contribution in [3.63, 3.8) is 0 Å². The van der Waals surface area contributed by atoms with E-state index in [1.807, 2.05) is 0 Å². The van der Waals surface area contributed by atoms with Crippen molar-refractivity contribution in [2.45, 2.75) is 0 Å². The largest absolute Gasteiger partial charge is 0.460 e. The zero-order chi connectivity index (χ0) is 24.8. The van der Waals surface area contributed by atoms with E-state index < -0.39 is 23.5 Å². The highest BCUT2D eigenvalue weighted by molar-refractivity contribution is 6.00. The van der Waals surface area contributed by atoms with Gasteiger partial charge in [-0.25, -0.2) is 22.6 Å². The van der Waals surface area contributed by atoms with E-state index in [1.165, 1.54) is 17.9 Å². The summed E-state index contributed by atoms with van der Waals surface area (Å²) in [7, 11) is 1.53. The SMILES string of the molecule is COCCOc1nc(-c2ccccc2F)n(-c2cccc(NC(=O)Nc3ccc(F)cc3F)c2)n1. The molecule has 0 saturated heterocycles. The molecule has 35 heavy (non-hydrogen) atoms. The maximum atomic E-state index is 14.5. The average molecular weight is 483 g/mol. The Labute approximate surface area is 198 Å². The van der Waals surface area contributed by atoms with E-state index in [9.17, 15) is 18.0 Å². The highest BCUT2D eigenvalue weighted by Crippen LogP contribution is 2.27. The predicted molar refractivity (Wildman–Crippen MR) is 123 cm³/mol. The molecule has 2 amide bonds. The van der Waals surface area contributed by atoms with Gasteiger partial charge in [-0.3, -0.25) is 0 Å². The average Bonchev–Trinajstić information content (AvgIpc) is 3.25. The molecule has 0 saturated carbocycles. The third-order valence-corrected chi connectivity index (χ3v) is 4.75. The Kier molecular flexibility index (Phi) is 7.27. The summed E-state index contributed by atoms with van der Waals surface area (Å²) < 4.78 is 53.3. The summed E-state index contributed by atoms with van der Waals surface area (Å²) in [5.41, 5.74) is 0.794. The van der Waals surface area contributed by atoms with Crippen molar-refractivity contribution in [1.29, 1.82) is 0 Å². The molecule has 3 aromatic carbocycles. The van der Waals surface area contributed by atoms with Gasteiger partial charge in [-0.2, -0.15) is 4.98 Å². The Morgan fingerprint density at radius 2 is 1.77 bits per heavy atom. The number of nitrogens with zero attached hydrogens (tertiary/aromatic N) is 3. The third kappa shape index (κ3) is 5.76. The molecule has 11 heteroatoms. The highest BCUT2D eigenvalue weighted by Gasteiger charge is 2.18. The first kappa shape index (κ1) is 23.8. The number of halogens is 3. The van der Waals surface area contributed by atoms with E-state index >= 15 is 0 Å². The molecule has 0 atom stereocenters. The lowest BCUT2D eigenvalue weighted by Gasteiger charge is -2.11. The molecule has 0 unspecified atom stereocenters. The van der Waals surface area contributed by atoms with Gasteiger partial charge in [0.05, 0.1) is 23.5 Å². The number of benzene rings is 3. The van der Waals surface area contributed by atoms with Crippen molar-refractivity contribution in [2.24, 2.45) is 0 Å². The van der Waals surface area contributed by atoms with Gasteiger partial charge in [0, 0.05) is 18.9 Å². The van der Waals surface area contributed by atoms with E-state index in [-0.39, 0.29) is 29.7 Å². The molecule has 4 aromatic rings. The number of methoxy groups -OCH3 is 1. The van der Waals surface area contributed by atoms with Gasteiger partial charge in [0.1, 0.15) is 24.1 Å². The van der Waals surface area contributed by atoms with Crippen LogP contribution in [0.1, 0.15) is 0 Å². The van der Waals surface area contributed by atoms with Crippen LogP contribution in [0.4, 0.5) is 29.3 Å². The lowest BCUT2D eigenvalue weighted by Crippen LogP contribution is -2.20. The maximum absolute atomic E-state index is 14.5. The first-order chi connectivity index (χ1) is 16.9. The van der Waals surface area contributed by atoms with Crippen LogP contribution >= 0.6 is 0 Å². The molecule has 0 radical (unpaired) electrons. The molecule has 0 aliphatic heterocycles. The molecule has 0 aliphatic carbocycles. The number of rotatable bonds is 8. The Hall–Kier alpha value is -4.38. The minimum absolute atomic E-state index is 0.0168. The van der Waals surface area contributed by atoms with Crippen LogP contribution in [0.2, 0.25) is 0 Å². The quantitative estimate of drug-likeness (QED) is 0.344. The second kappa shape index (κ2) is 10.7. The number of amides is 2. The number of anilines is 2. The van der Waals surface area contributed by atoms with Crippen molar-refractivity contribution in [2.75, 3.05) is 31.0 Å². The molecule has 4 rings (SSSR count). The van der Waals surface area contributed by atoms with Crippen molar-refractivity contribution in [3.8, 4) is 23.1 Å². The Morgan fingerprint density at radius 3 is 2.54 bits per heavy atom. The minimum Gasteiger partial charge on any atom is -0.460 e. The van der Waals surface area contributed by atoms with Crippen LogP contribution in [-0.4, -0.2) is 41.1 Å². The first-order valence-corrected chi connectivity index (χ1v) is 10.4. The van der Waals surface area contributed by atoms with Gasteiger partial charge in [0.2, 0.25) is 0 Å². The van der Waals surface area contributed by atoms with E-state index in [1.54, 1.807) is 42.5 Å². The lowest BCUT2D eigenvalue weighted by molar-refractivity contribution is 0.141. The zero-order valence-electron chi connectivity index (χ0n) is 18.5. The molecule has 0 bridgehead atoms. The summed E-state index contributed by atoms with van der Waals surface area (Å²) in [6, 6.07) is 14.6. The summed E-state index contributed by atoms with van der Waals surface area (Å²) in [5.74, 6) is -1.98. The van der Waals surface area contributed by atoms with Crippen molar-refractivity contribution >= 4 is 17.4 Å². The highest BCUT2D eigenvalue weighted by atomic mass is 19.1. The molecule has 2 N–H and O–H groups in total. The molecule has 8 nitrogen and oxygen atoms in total. The molecule has 180 valence electrons. The molecular formula is C24H20F3N5O3. The molecule has 0 fully saturated rings. The van der Waals surface area contributed by atoms with Crippen LogP contribution in [-0.2, 0) is 4.74 Å². The van der Waals surface area contributed by atoms with Crippen molar-refractivity contribution in [1.82, 2.24) is 14.8 Å². The predicted octanol–water partition coefficient (Wildman–Crippen LogP) is 5.02. The Bertz CT molecular complexity index is 1350. The summed E-state index contributed by atoms with van der Waals surface area (Å²) in [4.78, 5) is 16.7. The van der Waals surface area contributed by atoms with Gasteiger partial charge in [-0.15, -0.1) is 5.10 Å². The number of ether oxygens (including phenoxy) is 2.